The quantitative estimate of drug-likeness (QED) is 0.795. The monoisotopic (exact) mass is 397 g/mol. The number of nitrogens with zero attached hydrogens (tertiary/aromatic N) is 3. The molecule has 7 heteroatoms. The van der Waals surface area contributed by atoms with Crippen LogP contribution in [0.25, 0.3) is 0 Å². The van der Waals surface area contributed by atoms with Crippen LogP contribution in [0.5, 0.6) is 5.75 Å². The van der Waals surface area contributed by atoms with Crippen molar-refractivity contribution in [2.75, 3.05) is 39.3 Å². The maximum Gasteiger partial charge on any atom is 0.257 e. The molecule has 7 nitrogen and oxygen atoms in total. The molecule has 1 saturated heterocycles. The van der Waals surface area contributed by atoms with Crippen molar-refractivity contribution < 1.29 is 18.7 Å². The number of piperazine rings is 1. The molecule has 3 heterocycles. The number of benzene rings is 1. The van der Waals surface area contributed by atoms with Crippen molar-refractivity contribution in [1.29, 1.82) is 0 Å². The molecule has 29 heavy (non-hydrogen) atoms. The minimum absolute atomic E-state index is 0.0292. The smallest absolute Gasteiger partial charge is 0.257 e. The van der Waals surface area contributed by atoms with Crippen LogP contribution in [0.2, 0.25) is 0 Å². The van der Waals surface area contributed by atoms with Gasteiger partial charge in [0, 0.05) is 51.8 Å². The van der Waals surface area contributed by atoms with Crippen molar-refractivity contribution in [3.63, 3.8) is 0 Å². The van der Waals surface area contributed by atoms with Gasteiger partial charge >= 0.3 is 0 Å². The van der Waals surface area contributed by atoms with Gasteiger partial charge in [0.05, 0.1) is 18.4 Å². The Hall–Kier alpha value is -2.80. The third-order valence-corrected chi connectivity index (χ3v) is 5.71. The molecule has 0 atom stereocenters. The fourth-order valence-corrected chi connectivity index (χ4v) is 3.98. The van der Waals surface area contributed by atoms with E-state index in [4.69, 9.17) is 9.15 Å². The Labute approximate surface area is 170 Å². The summed E-state index contributed by atoms with van der Waals surface area (Å²) in [5, 5.41) is 0. The molecule has 2 aliphatic rings. The van der Waals surface area contributed by atoms with Gasteiger partial charge in [-0.2, -0.15) is 0 Å². The summed E-state index contributed by atoms with van der Waals surface area (Å²) >= 11 is 0. The highest BCUT2D eigenvalue weighted by Crippen LogP contribution is 2.26. The summed E-state index contributed by atoms with van der Waals surface area (Å²) in [6, 6.07) is 7.96. The number of rotatable bonds is 3. The number of aryl methyl sites for hydroxylation is 1. The number of furan rings is 1. The second kappa shape index (κ2) is 8.29. The Balaban J connectivity index is 1.45. The van der Waals surface area contributed by atoms with Crippen LogP contribution in [-0.4, -0.2) is 65.8 Å². The Morgan fingerprint density at radius 1 is 1.03 bits per heavy atom. The standard InChI is InChI=1S/C22H27N3O4/c1-16-20(5-11-28-16)22(27)25-10-12-29-21-4-3-18(13-19(21)15-25)14-23-6-8-24(9-7-23)17(2)26/h3-5,11,13H,6-10,12,14-15H2,1-2H3. The Kier molecular flexibility index (Phi) is 5.58. The average Bonchev–Trinajstić information content (AvgIpc) is 3.02. The van der Waals surface area contributed by atoms with Gasteiger partial charge in [0.2, 0.25) is 5.91 Å². The average molecular weight is 397 g/mol. The van der Waals surface area contributed by atoms with E-state index in [-0.39, 0.29) is 11.8 Å². The number of carbonyl (C=O) groups is 2. The van der Waals surface area contributed by atoms with Gasteiger partial charge in [0.15, 0.2) is 0 Å². The van der Waals surface area contributed by atoms with E-state index in [0.29, 0.717) is 31.0 Å². The number of ether oxygens (including phenoxy) is 1. The van der Waals surface area contributed by atoms with E-state index in [1.54, 1.807) is 26.2 Å². The second-order valence-electron chi connectivity index (χ2n) is 7.69. The van der Waals surface area contributed by atoms with Crippen LogP contribution < -0.4 is 4.74 Å². The minimum Gasteiger partial charge on any atom is -0.491 e. The molecule has 1 aromatic carbocycles. The van der Waals surface area contributed by atoms with Crippen LogP contribution >= 0.6 is 0 Å². The highest BCUT2D eigenvalue weighted by atomic mass is 16.5. The first-order chi connectivity index (χ1) is 14.0. The molecule has 0 unspecified atom stereocenters. The van der Waals surface area contributed by atoms with E-state index in [0.717, 1.165) is 44.0 Å². The zero-order valence-electron chi connectivity index (χ0n) is 17.0. The normalized spacial score (nSPS) is 17.4. The summed E-state index contributed by atoms with van der Waals surface area (Å²) in [5.41, 5.74) is 2.82. The van der Waals surface area contributed by atoms with Crippen LogP contribution in [0.1, 0.15) is 34.2 Å². The molecule has 0 bridgehead atoms. The third kappa shape index (κ3) is 4.29. The summed E-state index contributed by atoms with van der Waals surface area (Å²) in [5.74, 6) is 1.59. The molecule has 2 aliphatic heterocycles. The first-order valence-corrected chi connectivity index (χ1v) is 10.1. The SMILES string of the molecule is CC(=O)N1CCN(Cc2ccc3c(c2)CN(C(=O)c2ccoc2C)CCO3)CC1. The van der Waals surface area contributed by atoms with Gasteiger partial charge in [-0.25, -0.2) is 0 Å². The number of hydrogen-bond donors (Lipinski definition) is 0. The summed E-state index contributed by atoms with van der Waals surface area (Å²) < 4.78 is 11.2. The fraction of sp³-hybridized carbons (Fsp3) is 0.455. The molecular weight excluding hydrogens is 370 g/mol. The van der Waals surface area contributed by atoms with Crippen molar-refractivity contribution in [2.24, 2.45) is 0 Å². The lowest BCUT2D eigenvalue weighted by atomic mass is 10.1. The van der Waals surface area contributed by atoms with Crippen molar-refractivity contribution in [3.8, 4) is 5.75 Å². The van der Waals surface area contributed by atoms with Gasteiger partial charge < -0.3 is 19.0 Å². The summed E-state index contributed by atoms with van der Waals surface area (Å²) in [4.78, 5) is 30.5. The maximum atomic E-state index is 12.9. The van der Waals surface area contributed by atoms with E-state index in [2.05, 4.69) is 17.0 Å². The van der Waals surface area contributed by atoms with Crippen LogP contribution in [0, 0.1) is 6.92 Å². The van der Waals surface area contributed by atoms with Gasteiger partial charge in [0.25, 0.3) is 5.91 Å². The summed E-state index contributed by atoms with van der Waals surface area (Å²) in [6.07, 6.45) is 1.55. The first-order valence-electron chi connectivity index (χ1n) is 10.1. The predicted octanol–water partition coefficient (Wildman–Crippen LogP) is 2.29. The Morgan fingerprint density at radius 3 is 2.52 bits per heavy atom. The van der Waals surface area contributed by atoms with Crippen molar-refractivity contribution >= 4 is 11.8 Å². The fourth-order valence-electron chi connectivity index (χ4n) is 3.98. The molecule has 2 aromatic rings. The number of amides is 2. The molecule has 0 spiro atoms. The molecule has 0 radical (unpaired) electrons. The Bertz CT molecular complexity index is 899. The molecule has 4 rings (SSSR count). The first kappa shape index (κ1) is 19.5. The predicted molar refractivity (Wildman–Crippen MR) is 108 cm³/mol. The topological polar surface area (TPSA) is 66.2 Å². The van der Waals surface area contributed by atoms with Crippen molar-refractivity contribution in [3.05, 3.63) is 53.0 Å². The van der Waals surface area contributed by atoms with Gasteiger partial charge in [-0.3, -0.25) is 14.5 Å². The molecule has 1 aromatic heterocycles. The zero-order chi connectivity index (χ0) is 20.4. The van der Waals surface area contributed by atoms with E-state index < -0.39 is 0 Å². The van der Waals surface area contributed by atoms with Crippen molar-refractivity contribution in [2.45, 2.75) is 26.9 Å². The molecule has 0 saturated carbocycles. The molecule has 154 valence electrons. The highest BCUT2D eigenvalue weighted by Gasteiger charge is 2.24. The highest BCUT2D eigenvalue weighted by molar-refractivity contribution is 5.95. The van der Waals surface area contributed by atoms with Crippen LogP contribution in [0.4, 0.5) is 0 Å². The van der Waals surface area contributed by atoms with Gasteiger partial charge in [-0.1, -0.05) is 6.07 Å². The van der Waals surface area contributed by atoms with Crippen LogP contribution in [0.15, 0.2) is 34.9 Å². The molecule has 2 amide bonds. The van der Waals surface area contributed by atoms with E-state index in [1.807, 2.05) is 15.9 Å². The van der Waals surface area contributed by atoms with Crippen LogP contribution in [-0.2, 0) is 17.9 Å². The lowest BCUT2D eigenvalue weighted by Gasteiger charge is -2.34. The third-order valence-electron chi connectivity index (χ3n) is 5.71. The van der Waals surface area contributed by atoms with E-state index >= 15 is 0 Å². The van der Waals surface area contributed by atoms with Gasteiger partial charge in [-0.15, -0.1) is 0 Å². The lowest BCUT2D eigenvalue weighted by molar-refractivity contribution is -0.130. The summed E-state index contributed by atoms with van der Waals surface area (Å²) in [7, 11) is 0. The van der Waals surface area contributed by atoms with E-state index in [1.165, 1.54) is 5.56 Å². The zero-order valence-corrected chi connectivity index (χ0v) is 17.0. The number of hydrogen-bond acceptors (Lipinski definition) is 5. The lowest BCUT2D eigenvalue weighted by Crippen LogP contribution is -2.47. The van der Waals surface area contributed by atoms with Crippen LogP contribution in [0.3, 0.4) is 0 Å². The largest absolute Gasteiger partial charge is 0.491 e. The molecule has 1 fully saturated rings. The molecule has 0 N–H and O–H groups in total. The number of carbonyl (C=O) groups excluding carboxylic acids is 2. The Morgan fingerprint density at radius 2 is 1.83 bits per heavy atom. The maximum absolute atomic E-state index is 12.9. The summed E-state index contributed by atoms with van der Waals surface area (Å²) in [6.45, 7) is 9.08. The second-order valence-corrected chi connectivity index (χ2v) is 7.69. The van der Waals surface area contributed by atoms with E-state index in [9.17, 15) is 9.59 Å². The minimum atomic E-state index is -0.0292. The molecule has 0 aliphatic carbocycles. The van der Waals surface area contributed by atoms with Gasteiger partial charge in [0.1, 0.15) is 18.1 Å². The number of fused-ring (bicyclic) bond motifs is 1. The van der Waals surface area contributed by atoms with Crippen molar-refractivity contribution in [1.82, 2.24) is 14.7 Å². The van der Waals surface area contributed by atoms with Gasteiger partial charge in [-0.05, 0) is 30.7 Å². The molecular formula is C22H27N3O4.